The summed E-state index contributed by atoms with van der Waals surface area (Å²) < 4.78 is 15.9. The van der Waals surface area contributed by atoms with Crippen LogP contribution in [0.25, 0.3) is 0 Å². The first kappa shape index (κ1) is 14.9. The van der Waals surface area contributed by atoms with Crippen molar-refractivity contribution in [3.05, 3.63) is 53.2 Å². The van der Waals surface area contributed by atoms with Crippen LogP contribution in [0.5, 0.6) is 17.2 Å². The monoisotopic (exact) mass is 300 g/mol. The zero-order valence-electron chi connectivity index (χ0n) is 9.26. The van der Waals surface area contributed by atoms with Crippen LogP contribution in [-0.2, 0) is 0 Å². The second-order valence-electron chi connectivity index (χ2n) is 2.85. The van der Waals surface area contributed by atoms with Gasteiger partial charge in [0.05, 0.1) is 18.8 Å². The van der Waals surface area contributed by atoms with E-state index in [2.05, 4.69) is 37.9 Å². The van der Waals surface area contributed by atoms with Crippen LogP contribution in [0.3, 0.4) is 0 Å². The van der Waals surface area contributed by atoms with Gasteiger partial charge < -0.3 is 14.2 Å². The lowest BCUT2D eigenvalue weighted by atomic mass is 10.3. The number of hydrogen-bond acceptors (Lipinski definition) is 6. The maximum atomic E-state index is 5.29. The molecule has 0 spiro atoms. The second kappa shape index (κ2) is 8.91. The summed E-state index contributed by atoms with van der Waals surface area (Å²) in [6.45, 7) is 0. The molecule has 0 N–H and O–H groups in total. The fourth-order valence-corrected chi connectivity index (χ4v) is 1.26. The fraction of sp³-hybridized carbons (Fsp3) is 0. The molecule has 1 aromatic carbocycles. The quantitative estimate of drug-likeness (QED) is 0.547. The summed E-state index contributed by atoms with van der Waals surface area (Å²) in [5.41, 5.74) is 0. The molecule has 0 saturated heterocycles. The highest BCUT2D eigenvalue weighted by Gasteiger charge is 2.02. The molecule has 18 heavy (non-hydrogen) atoms. The van der Waals surface area contributed by atoms with Crippen molar-refractivity contribution in [3.8, 4) is 17.2 Å². The van der Waals surface area contributed by atoms with Crippen molar-refractivity contribution in [1.29, 1.82) is 0 Å². The SMILES string of the molecule is SC=COc1cc(OC=CS)cc(OC=CS)c1. The lowest BCUT2D eigenvalue weighted by Crippen LogP contribution is -1.88. The highest BCUT2D eigenvalue weighted by Crippen LogP contribution is 2.28. The normalized spacial score (nSPS) is 11.5. The lowest BCUT2D eigenvalue weighted by molar-refractivity contribution is 0.439. The van der Waals surface area contributed by atoms with Crippen molar-refractivity contribution < 1.29 is 14.2 Å². The van der Waals surface area contributed by atoms with Crippen LogP contribution in [-0.4, -0.2) is 0 Å². The van der Waals surface area contributed by atoms with Gasteiger partial charge in [-0.15, -0.1) is 37.9 Å². The maximum Gasteiger partial charge on any atom is 0.133 e. The standard InChI is InChI=1S/C12H12O3S3/c16-4-1-13-10-7-11(14-2-5-17)9-12(8-10)15-3-6-18/h1-9,16-18H. The summed E-state index contributed by atoms with van der Waals surface area (Å²) in [5.74, 6) is 1.69. The summed E-state index contributed by atoms with van der Waals surface area (Å²) >= 11 is 11.7. The number of hydrogen-bond donors (Lipinski definition) is 3. The topological polar surface area (TPSA) is 27.7 Å². The van der Waals surface area contributed by atoms with Gasteiger partial charge in [-0.3, -0.25) is 0 Å². The molecule has 1 aromatic rings. The van der Waals surface area contributed by atoms with E-state index < -0.39 is 0 Å². The van der Waals surface area contributed by atoms with Crippen LogP contribution in [0.2, 0.25) is 0 Å². The molecular formula is C12H12O3S3. The second-order valence-corrected chi connectivity index (χ2v) is 3.74. The minimum Gasteiger partial charge on any atom is -0.464 e. The van der Waals surface area contributed by atoms with Gasteiger partial charge in [0.15, 0.2) is 0 Å². The van der Waals surface area contributed by atoms with E-state index in [1.54, 1.807) is 18.2 Å². The molecule has 3 nitrogen and oxygen atoms in total. The van der Waals surface area contributed by atoms with Crippen molar-refractivity contribution in [3.63, 3.8) is 0 Å². The van der Waals surface area contributed by atoms with E-state index in [0.29, 0.717) is 17.2 Å². The first-order valence-corrected chi connectivity index (χ1v) is 6.38. The van der Waals surface area contributed by atoms with Gasteiger partial charge in [-0.2, -0.15) is 0 Å². The molecule has 0 saturated carbocycles. The van der Waals surface area contributed by atoms with E-state index >= 15 is 0 Å². The molecule has 0 heterocycles. The smallest absolute Gasteiger partial charge is 0.133 e. The minimum absolute atomic E-state index is 0.563. The van der Waals surface area contributed by atoms with Gasteiger partial charge in [0.2, 0.25) is 0 Å². The molecule has 0 aromatic heterocycles. The van der Waals surface area contributed by atoms with E-state index in [1.807, 2.05) is 0 Å². The Morgan fingerprint density at radius 2 is 0.889 bits per heavy atom. The largest absolute Gasteiger partial charge is 0.464 e. The number of thiol groups is 3. The highest BCUT2D eigenvalue weighted by molar-refractivity contribution is 7.83. The van der Waals surface area contributed by atoms with Gasteiger partial charge >= 0.3 is 0 Å². The predicted molar refractivity (Wildman–Crippen MR) is 82.7 cm³/mol. The molecule has 0 bridgehead atoms. The van der Waals surface area contributed by atoms with E-state index in [-0.39, 0.29) is 0 Å². The van der Waals surface area contributed by atoms with Crippen LogP contribution in [0, 0.1) is 0 Å². The Labute approximate surface area is 122 Å². The zero-order chi connectivity index (χ0) is 13.2. The Balaban J connectivity index is 2.94. The van der Waals surface area contributed by atoms with Crippen molar-refractivity contribution in [1.82, 2.24) is 0 Å². The third kappa shape index (κ3) is 5.48. The number of rotatable bonds is 6. The molecule has 0 fully saturated rings. The average molecular weight is 300 g/mol. The van der Waals surface area contributed by atoms with E-state index in [4.69, 9.17) is 14.2 Å². The Bertz CT molecular complexity index is 377. The minimum atomic E-state index is 0.563. The van der Waals surface area contributed by atoms with Crippen molar-refractivity contribution in [2.75, 3.05) is 0 Å². The average Bonchev–Trinajstić information content (AvgIpc) is 2.40. The molecule has 0 aliphatic heterocycles. The van der Waals surface area contributed by atoms with E-state index in [1.165, 1.54) is 35.0 Å². The van der Waals surface area contributed by atoms with E-state index in [9.17, 15) is 0 Å². The zero-order valence-corrected chi connectivity index (χ0v) is 11.9. The van der Waals surface area contributed by atoms with Crippen molar-refractivity contribution in [2.45, 2.75) is 0 Å². The molecule has 0 aliphatic carbocycles. The van der Waals surface area contributed by atoms with Gasteiger partial charge in [0, 0.05) is 34.4 Å². The van der Waals surface area contributed by atoms with Crippen LogP contribution < -0.4 is 14.2 Å². The van der Waals surface area contributed by atoms with Crippen LogP contribution >= 0.6 is 37.9 Å². The summed E-state index contributed by atoms with van der Waals surface area (Å²) in [5, 5.41) is 4.44. The fourth-order valence-electron chi connectivity index (χ4n) is 1.08. The number of benzene rings is 1. The Kier molecular flexibility index (Phi) is 7.40. The van der Waals surface area contributed by atoms with Crippen LogP contribution in [0.15, 0.2) is 53.2 Å². The Hall–Kier alpha value is -1.11. The summed E-state index contributed by atoms with van der Waals surface area (Å²) in [7, 11) is 0. The van der Waals surface area contributed by atoms with Crippen LogP contribution in [0.1, 0.15) is 0 Å². The van der Waals surface area contributed by atoms with Gasteiger partial charge in [-0.05, 0) is 0 Å². The molecule has 6 heteroatoms. The van der Waals surface area contributed by atoms with Gasteiger partial charge in [0.1, 0.15) is 17.2 Å². The Morgan fingerprint density at radius 1 is 0.611 bits per heavy atom. The lowest BCUT2D eigenvalue weighted by Gasteiger charge is -2.07. The molecule has 0 unspecified atom stereocenters. The molecule has 96 valence electrons. The molecular weight excluding hydrogens is 288 g/mol. The Morgan fingerprint density at radius 3 is 1.11 bits per heavy atom. The van der Waals surface area contributed by atoms with Crippen molar-refractivity contribution >= 4 is 37.9 Å². The summed E-state index contributed by atoms with van der Waals surface area (Å²) in [6.07, 6.45) is 4.32. The first-order chi connectivity index (χ1) is 8.80. The molecule has 0 atom stereocenters. The first-order valence-electron chi connectivity index (χ1n) is 4.83. The maximum absolute atomic E-state index is 5.29. The van der Waals surface area contributed by atoms with Gasteiger partial charge in [0.25, 0.3) is 0 Å². The summed E-state index contributed by atoms with van der Waals surface area (Å²) in [6, 6.07) is 5.12. The number of ether oxygens (including phenoxy) is 3. The van der Waals surface area contributed by atoms with Crippen molar-refractivity contribution in [2.24, 2.45) is 0 Å². The van der Waals surface area contributed by atoms with Gasteiger partial charge in [-0.1, -0.05) is 0 Å². The predicted octanol–water partition coefficient (Wildman–Crippen LogP) is 4.03. The van der Waals surface area contributed by atoms with Crippen LogP contribution in [0.4, 0.5) is 0 Å². The highest BCUT2D eigenvalue weighted by atomic mass is 32.1. The molecule has 0 aliphatic rings. The molecule has 0 amide bonds. The third-order valence-corrected chi connectivity index (χ3v) is 2.01. The molecule has 0 radical (unpaired) electrons. The molecule has 1 rings (SSSR count). The third-order valence-electron chi connectivity index (χ3n) is 1.65. The van der Waals surface area contributed by atoms with E-state index in [0.717, 1.165) is 0 Å². The van der Waals surface area contributed by atoms with Gasteiger partial charge in [-0.25, -0.2) is 0 Å². The summed E-state index contributed by atoms with van der Waals surface area (Å²) in [4.78, 5) is 0.